The van der Waals surface area contributed by atoms with Crippen LogP contribution in [0.3, 0.4) is 0 Å². The molecule has 0 spiro atoms. The van der Waals surface area contributed by atoms with E-state index in [4.69, 9.17) is 0 Å². The lowest BCUT2D eigenvalue weighted by molar-refractivity contribution is -0.480. The van der Waals surface area contributed by atoms with E-state index in [0.717, 1.165) is 57.1 Å². The van der Waals surface area contributed by atoms with Gasteiger partial charge in [-0.3, -0.25) is 14.9 Å². The topological polar surface area (TPSA) is 63.5 Å². The van der Waals surface area contributed by atoms with Gasteiger partial charge in [0.25, 0.3) is 0 Å². The number of carbonyl (C=O) groups is 1. The molecule has 1 amide bonds. The lowest BCUT2D eigenvalue weighted by Crippen LogP contribution is -2.28. The van der Waals surface area contributed by atoms with Crippen LogP contribution in [0, 0.1) is 16.0 Å². The quantitative estimate of drug-likeness (QED) is 0.251. The standard InChI is InChI=1S/C21H34N2O3/c1-3-13-19(14-9-6-4-5-7-12-17-23(25)26)18-21(24)22(2)20-15-10-8-11-16-20/h8,10-11,15-16,19H,3-7,9,12-14,17-18H2,1-2H3. The fourth-order valence-electron chi connectivity index (χ4n) is 3.32. The maximum atomic E-state index is 12.6. The SMILES string of the molecule is CCCC(CCCCCCCC[N+](=O)[O-])CC(=O)N(C)c1ccccc1. The van der Waals surface area contributed by atoms with E-state index < -0.39 is 0 Å². The van der Waals surface area contributed by atoms with E-state index in [1.165, 1.54) is 0 Å². The van der Waals surface area contributed by atoms with Gasteiger partial charge in [0.2, 0.25) is 12.5 Å². The van der Waals surface area contributed by atoms with Crippen LogP contribution >= 0.6 is 0 Å². The Balaban J connectivity index is 2.26. The molecule has 0 heterocycles. The van der Waals surface area contributed by atoms with Crippen molar-refractivity contribution in [3.05, 3.63) is 40.4 Å². The van der Waals surface area contributed by atoms with Crippen molar-refractivity contribution in [3.63, 3.8) is 0 Å². The summed E-state index contributed by atoms with van der Waals surface area (Å²) >= 11 is 0. The molecule has 26 heavy (non-hydrogen) atoms. The highest BCUT2D eigenvalue weighted by molar-refractivity contribution is 5.92. The summed E-state index contributed by atoms with van der Waals surface area (Å²) in [5, 5.41) is 10.3. The van der Waals surface area contributed by atoms with Gasteiger partial charge in [0, 0.05) is 30.5 Å². The molecule has 0 saturated heterocycles. The van der Waals surface area contributed by atoms with Gasteiger partial charge >= 0.3 is 0 Å². The van der Waals surface area contributed by atoms with Gasteiger partial charge in [-0.15, -0.1) is 0 Å². The number of para-hydroxylation sites is 1. The molecule has 0 saturated carbocycles. The third-order valence-corrected chi connectivity index (χ3v) is 4.88. The number of unbranched alkanes of at least 4 members (excludes halogenated alkanes) is 5. The van der Waals surface area contributed by atoms with Gasteiger partial charge in [-0.2, -0.15) is 0 Å². The highest BCUT2D eigenvalue weighted by atomic mass is 16.6. The maximum Gasteiger partial charge on any atom is 0.226 e. The first-order chi connectivity index (χ1) is 12.5. The average Bonchev–Trinajstić information content (AvgIpc) is 2.63. The first kappa shape index (κ1) is 22.1. The van der Waals surface area contributed by atoms with E-state index >= 15 is 0 Å². The number of nitrogens with zero attached hydrogens (tertiary/aromatic N) is 2. The number of hydrogen-bond acceptors (Lipinski definition) is 3. The van der Waals surface area contributed by atoms with E-state index in [9.17, 15) is 14.9 Å². The fourth-order valence-corrected chi connectivity index (χ4v) is 3.32. The lowest BCUT2D eigenvalue weighted by Gasteiger charge is -2.21. The van der Waals surface area contributed by atoms with Gasteiger partial charge < -0.3 is 4.90 Å². The largest absolute Gasteiger partial charge is 0.315 e. The predicted molar refractivity (Wildman–Crippen MR) is 107 cm³/mol. The number of carbonyl (C=O) groups excluding carboxylic acids is 1. The summed E-state index contributed by atoms with van der Waals surface area (Å²) in [6.45, 7) is 2.27. The number of hydrogen-bond donors (Lipinski definition) is 0. The van der Waals surface area contributed by atoms with Crippen molar-refractivity contribution in [1.82, 2.24) is 0 Å². The highest BCUT2D eigenvalue weighted by Crippen LogP contribution is 2.22. The molecule has 1 atom stereocenters. The van der Waals surface area contributed by atoms with Crippen molar-refractivity contribution in [1.29, 1.82) is 0 Å². The van der Waals surface area contributed by atoms with Crippen molar-refractivity contribution in [2.24, 2.45) is 5.92 Å². The Kier molecular flexibility index (Phi) is 11.3. The Morgan fingerprint density at radius 1 is 1.04 bits per heavy atom. The Labute approximate surface area is 157 Å². The Bertz CT molecular complexity index is 519. The van der Waals surface area contributed by atoms with Gasteiger partial charge in [0.15, 0.2) is 0 Å². The van der Waals surface area contributed by atoms with E-state index in [2.05, 4.69) is 6.92 Å². The molecule has 0 aliphatic heterocycles. The second-order valence-electron chi connectivity index (χ2n) is 7.11. The van der Waals surface area contributed by atoms with Gasteiger partial charge in [0.05, 0.1) is 0 Å². The molecule has 1 aromatic carbocycles. The van der Waals surface area contributed by atoms with E-state index in [0.29, 0.717) is 18.8 Å². The molecule has 0 fully saturated rings. The molecule has 146 valence electrons. The Morgan fingerprint density at radius 2 is 1.65 bits per heavy atom. The molecule has 0 N–H and O–H groups in total. The minimum absolute atomic E-state index is 0.0929. The van der Waals surface area contributed by atoms with Crippen LogP contribution in [0.15, 0.2) is 30.3 Å². The number of anilines is 1. The third-order valence-electron chi connectivity index (χ3n) is 4.88. The van der Waals surface area contributed by atoms with E-state index in [1.807, 2.05) is 37.4 Å². The van der Waals surface area contributed by atoms with Crippen molar-refractivity contribution in [2.45, 2.75) is 71.1 Å². The molecule has 1 unspecified atom stereocenters. The Morgan fingerprint density at radius 3 is 2.27 bits per heavy atom. The smallest absolute Gasteiger partial charge is 0.226 e. The van der Waals surface area contributed by atoms with Crippen LogP contribution in [0.25, 0.3) is 0 Å². The zero-order chi connectivity index (χ0) is 19.2. The maximum absolute atomic E-state index is 12.6. The summed E-state index contributed by atoms with van der Waals surface area (Å²) < 4.78 is 0. The summed E-state index contributed by atoms with van der Waals surface area (Å²) in [5.41, 5.74) is 0.947. The molecular formula is C21H34N2O3. The predicted octanol–water partition coefficient (Wildman–Crippen LogP) is 5.46. The molecule has 5 nitrogen and oxygen atoms in total. The minimum Gasteiger partial charge on any atom is -0.315 e. The number of benzene rings is 1. The normalized spacial score (nSPS) is 11.9. The molecule has 0 aliphatic carbocycles. The third kappa shape index (κ3) is 9.54. The van der Waals surface area contributed by atoms with Crippen molar-refractivity contribution < 1.29 is 9.72 Å². The molecule has 0 aromatic heterocycles. The number of nitro groups is 1. The summed E-state index contributed by atoms with van der Waals surface area (Å²) in [6.07, 6.45) is 10.0. The van der Waals surface area contributed by atoms with Gasteiger partial charge in [-0.1, -0.05) is 63.6 Å². The van der Waals surface area contributed by atoms with Crippen LogP contribution in [0.5, 0.6) is 0 Å². The summed E-state index contributed by atoms with van der Waals surface area (Å²) in [7, 11) is 1.85. The first-order valence-electron chi connectivity index (χ1n) is 9.98. The van der Waals surface area contributed by atoms with Crippen molar-refractivity contribution >= 4 is 11.6 Å². The van der Waals surface area contributed by atoms with Crippen LogP contribution < -0.4 is 4.90 Å². The summed E-state index contributed by atoms with van der Waals surface area (Å²) in [5.74, 6) is 0.641. The summed E-state index contributed by atoms with van der Waals surface area (Å²) in [4.78, 5) is 24.4. The molecular weight excluding hydrogens is 328 g/mol. The fraction of sp³-hybridized carbons (Fsp3) is 0.667. The Hall–Kier alpha value is -1.91. The summed E-state index contributed by atoms with van der Waals surface area (Å²) in [6, 6.07) is 9.79. The average molecular weight is 363 g/mol. The van der Waals surface area contributed by atoms with Gasteiger partial charge in [-0.25, -0.2) is 0 Å². The van der Waals surface area contributed by atoms with Crippen LogP contribution in [0.1, 0.15) is 71.1 Å². The molecule has 0 radical (unpaired) electrons. The van der Waals surface area contributed by atoms with E-state index in [1.54, 1.807) is 4.90 Å². The molecule has 0 bridgehead atoms. The second-order valence-corrected chi connectivity index (χ2v) is 7.11. The lowest BCUT2D eigenvalue weighted by atomic mass is 9.92. The van der Waals surface area contributed by atoms with Gasteiger partial charge in [-0.05, 0) is 30.9 Å². The van der Waals surface area contributed by atoms with Crippen LogP contribution in [-0.4, -0.2) is 24.4 Å². The molecule has 0 aliphatic rings. The first-order valence-corrected chi connectivity index (χ1v) is 9.98. The minimum atomic E-state index is -0.237. The van der Waals surface area contributed by atoms with Crippen LogP contribution in [0.2, 0.25) is 0 Å². The number of rotatable bonds is 14. The van der Waals surface area contributed by atoms with Crippen LogP contribution in [-0.2, 0) is 4.79 Å². The van der Waals surface area contributed by atoms with Crippen LogP contribution in [0.4, 0.5) is 5.69 Å². The molecule has 5 heteroatoms. The second kappa shape index (κ2) is 13.3. The monoisotopic (exact) mass is 362 g/mol. The zero-order valence-corrected chi connectivity index (χ0v) is 16.4. The highest BCUT2D eigenvalue weighted by Gasteiger charge is 2.17. The molecule has 1 rings (SSSR count). The van der Waals surface area contributed by atoms with Gasteiger partial charge in [0.1, 0.15) is 0 Å². The van der Waals surface area contributed by atoms with E-state index in [-0.39, 0.29) is 17.4 Å². The number of amides is 1. The zero-order valence-electron chi connectivity index (χ0n) is 16.4. The van der Waals surface area contributed by atoms with Crippen molar-refractivity contribution in [2.75, 3.05) is 18.5 Å². The van der Waals surface area contributed by atoms with Crippen molar-refractivity contribution in [3.8, 4) is 0 Å². The molecule has 1 aromatic rings.